The Hall–Kier alpha value is -3.10. The average molecular weight is 366 g/mol. The first kappa shape index (κ1) is 17.7. The molecule has 0 bridgehead atoms. The lowest BCUT2D eigenvalue weighted by atomic mass is 10.0. The summed E-state index contributed by atoms with van der Waals surface area (Å²) in [5.41, 5.74) is 5.45. The van der Waals surface area contributed by atoms with Gasteiger partial charge in [-0.25, -0.2) is 9.48 Å². The summed E-state index contributed by atoms with van der Waals surface area (Å²) in [5.74, 6) is -0.936. The summed E-state index contributed by atoms with van der Waals surface area (Å²) in [5, 5.41) is 23.0. The second-order valence-corrected chi connectivity index (χ2v) is 6.42. The third-order valence-corrected chi connectivity index (χ3v) is 4.65. The first-order chi connectivity index (χ1) is 12.4. The fourth-order valence-electron chi connectivity index (χ4n) is 2.88. The number of carbonyl (C=O) groups is 1. The maximum atomic E-state index is 11.0. The third kappa shape index (κ3) is 3.32. The number of aromatic carboxylic acids is 1. The second kappa shape index (κ2) is 7.03. The van der Waals surface area contributed by atoms with Crippen LogP contribution < -0.4 is 0 Å². The van der Waals surface area contributed by atoms with E-state index >= 15 is 0 Å². The lowest BCUT2D eigenvalue weighted by molar-refractivity contribution is 0.0697. The average Bonchev–Trinajstić information content (AvgIpc) is 2.90. The standard InChI is InChI=1S/C20H16ClN3O2/c1-12-18(9-14-3-5-15(6-4-14)20(25)26)13(2)24(23-12)17-8-7-16(11-22)19(21)10-17/h3-8,10H,9H2,1-2H3,(H,25,26). The molecule has 0 radical (unpaired) electrons. The van der Waals surface area contributed by atoms with Crippen molar-refractivity contribution in [2.45, 2.75) is 20.3 Å². The number of hydrogen-bond acceptors (Lipinski definition) is 3. The number of halogens is 1. The molecule has 1 N–H and O–H groups in total. The van der Waals surface area contributed by atoms with Crippen LogP contribution in [0.5, 0.6) is 0 Å². The van der Waals surface area contributed by atoms with Crippen LogP contribution in [0.2, 0.25) is 5.02 Å². The van der Waals surface area contributed by atoms with E-state index in [0.29, 0.717) is 17.0 Å². The zero-order valence-electron chi connectivity index (χ0n) is 14.3. The Balaban J connectivity index is 1.94. The molecule has 0 aliphatic carbocycles. The Morgan fingerprint density at radius 1 is 1.23 bits per heavy atom. The van der Waals surface area contributed by atoms with E-state index in [1.165, 1.54) is 0 Å². The van der Waals surface area contributed by atoms with Crippen molar-refractivity contribution < 1.29 is 9.90 Å². The van der Waals surface area contributed by atoms with Crippen molar-refractivity contribution in [1.82, 2.24) is 9.78 Å². The Bertz CT molecular complexity index is 1030. The third-order valence-electron chi connectivity index (χ3n) is 4.34. The number of hydrogen-bond donors (Lipinski definition) is 1. The Labute approximate surface area is 156 Å². The molecule has 0 atom stereocenters. The van der Waals surface area contributed by atoms with Crippen LogP contribution in [0.1, 0.15) is 38.4 Å². The molecule has 0 fully saturated rings. The van der Waals surface area contributed by atoms with Crippen molar-refractivity contribution in [3.8, 4) is 11.8 Å². The highest BCUT2D eigenvalue weighted by Gasteiger charge is 2.14. The second-order valence-electron chi connectivity index (χ2n) is 6.02. The molecular formula is C20H16ClN3O2. The van der Waals surface area contributed by atoms with Gasteiger partial charge >= 0.3 is 5.97 Å². The van der Waals surface area contributed by atoms with Gasteiger partial charge in [-0.15, -0.1) is 0 Å². The molecular weight excluding hydrogens is 350 g/mol. The molecule has 3 rings (SSSR count). The monoisotopic (exact) mass is 365 g/mol. The van der Waals surface area contributed by atoms with E-state index in [4.69, 9.17) is 22.0 Å². The van der Waals surface area contributed by atoms with Crippen molar-refractivity contribution >= 4 is 17.6 Å². The molecule has 6 heteroatoms. The molecule has 130 valence electrons. The Morgan fingerprint density at radius 2 is 1.92 bits per heavy atom. The SMILES string of the molecule is Cc1nn(-c2ccc(C#N)c(Cl)c2)c(C)c1Cc1ccc(C(=O)O)cc1. The maximum absolute atomic E-state index is 11.0. The van der Waals surface area contributed by atoms with Crippen LogP contribution in [0.15, 0.2) is 42.5 Å². The summed E-state index contributed by atoms with van der Waals surface area (Å²) >= 11 is 6.14. The molecule has 3 aromatic rings. The van der Waals surface area contributed by atoms with Gasteiger partial charge in [-0.1, -0.05) is 23.7 Å². The molecule has 1 heterocycles. The number of rotatable bonds is 4. The smallest absolute Gasteiger partial charge is 0.335 e. The summed E-state index contributed by atoms with van der Waals surface area (Å²) in [6, 6.07) is 14.1. The quantitative estimate of drug-likeness (QED) is 0.747. The predicted molar refractivity (Wildman–Crippen MR) is 99.0 cm³/mol. The Morgan fingerprint density at radius 3 is 2.50 bits per heavy atom. The number of carboxylic acid groups (broad SMARTS) is 1. The number of aromatic nitrogens is 2. The van der Waals surface area contributed by atoms with E-state index in [0.717, 1.165) is 28.2 Å². The number of nitrogens with zero attached hydrogens (tertiary/aromatic N) is 3. The van der Waals surface area contributed by atoms with Crippen LogP contribution in [-0.4, -0.2) is 20.9 Å². The van der Waals surface area contributed by atoms with Gasteiger partial charge in [0.2, 0.25) is 0 Å². The molecule has 26 heavy (non-hydrogen) atoms. The van der Waals surface area contributed by atoms with Crippen molar-refractivity contribution in [3.63, 3.8) is 0 Å². The summed E-state index contributed by atoms with van der Waals surface area (Å²) in [6.45, 7) is 3.92. The zero-order chi connectivity index (χ0) is 18.8. The van der Waals surface area contributed by atoms with Crippen LogP contribution in [0, 0.1) is 25.2 Å². The van der Waals surface area contributed by atoms with Crippen LogP contribution in [-0.2, 0) is 6.42 Å². The van der Waals surface area contributed by atoms with E-state index in [-0.39, 0.29) is 5.56 Å². The normalized spacial score (nSPS) is 10.5. The van der Waals surface area contributed by atoms with Gasteiger partial charge in [-0.2, -0.15) is 10.4 Å². The highest BCUT2D eigenvalue weighted by Crippen LogP contribution is 2.24. The maximum Gasteiger partial charge on any atom is 0.335 e. The molecule has 0 spiro atoms. The molecule has 1 aromatic heterocycles. The molecule has 0 saturated carbocycles. The minimum atomic E-state index is -0.936. The van der Waals surface area contributed by atoms with Crippen molar-refractivity contribution in [1.29, 1.82) is 5.26 Å². The molecule has 0 unspecified atom stereocenters. The van der Waals surface area contributed by atoms with Crippen LogP contribution in [0.25, 0.3) is 5.69 Å². The molecule has 0 aliphatic heterocycles. The molecule has 2 aromatic carbocycles. The highest BCUT2D eigenvalue weighted by atomic mass is 35.5. The van der Waals surface area contributed by atoms with Crippen molar-refractivity contribution in [2.75, 3.05) is 0 Å². The molecule has 5 nitrogen and oxygen atoms in total. The summed E-state index contributed by atoms with van der Waals surface area (Å²) < 4.78 is 1.81. The fourth-order valence-corrected chi connectivity index (χ4v) is 3.09. The van der Waals surface area contributed by atoms with E-state index in [9.17, 15) is 4.79 Å². The zero-order valence-corrected chi connectivity index (χ0v) is 15.1. The van der Waals surface area contributed by atoms with Gasteiger partial charge in [0.05, 0.1) is 27.5 Å². The van der Waals surface area contributed by atoms with E-state index in [1.54, 1.807) is 24.3 Å². The van der Waals surface area contributed by atoms with E-state index in [2.05, 4.69) is 5.10 Å². The lowest BCUT2D eigenvalue weighted by Crippen LogP contribution is -2.00. The van der Waals surface area contributed by atoms with Gasteiger partial charge in [0, 0.05) is 17.7 Å². The topological polar surface area (TPSA) is 78.9 Å². The van der Waals surface area contributed by atoms with Crippen molar-refractivity contribution in [2.24, 2.45) is 0 Å². The van der Waals surface area contributed by atoms with Gasteiger partial charge in [0.1, 0.15) is 6.07 Å². The van der Waals surface area contributed by atoms with Crippen LogP contribution in [0.3, 0.4) is 0 Å². The highest BCUT2D eigenvalue weighted by molar-refractivity contribution is 6.31. The summed E-state index contributed by atoms with van der Waals surface area (Å²) in [6.07, 6.45) is 0.654. The molecule has 0 aliphatic rings. The first-order valence-electron chi connectivity index (χ1n) is 7.98. The molecule has 0 saturated heterocycles. The fraction of sp³-hybridized carbons (Fsp3) is 0.150. The molecule has 0 amide bonds. The van der Waals surface area contributed by atoms with Gasteiger partial charge in [0.15, 0.2) is 0 Å². The lowest BCUT2D eigenvalue weighted by Gasteiger charge is -2.07. The summed E-state index contributed by atoms with van der Waals surface area (Å²) in [7, 11) is 0. The van der Waals surface area contributed by atoms with Crippen molar-refractivity contribution in [3.05, 3.63) is 81.1 Å². The number of aryl methyl sites for hydroxylation is 1. The van der Waals surface area contributed by atoms with E-state index < -0.39 is 5.97 Å². The van der Waals surface area contributed by atoms with Crippen LogP contribution >= 0.6 is 11.6 Å². The number of carboxylic acids is 1. The van der Waals surface area contributed by atoms with Gasteiger partial charge in [0.25, 0.3) is 0 Å². The minimum Gasteiger partial charge on any atom is -0.478 e. The van der Waals surface area contributed by atoms with Gasteiger partial charge in [-0.3, -0.25) is 0 Å². The first-order valence-corrected chi connectivity index (χ1v) is 8.36. The predicted octanol–water partition coefficient (Wildman–Crippen LogP) is 4.30. The number of benzene rings is 2. The minimum absolute atomic E-state index is 0.269. The Kier molecular flexibility index (Phi) is 4.79. The van der Waals surface area contributed by atoms with E-state index in [1.807, 2.05) is 42.8 Å². The van der Waals surface area contributed by atoms with Gasteiger partial charge < -0.3 is 5.11 Å². The summed E-state index contributed by atoms with van der Waals surface area (Å²) in [4.78, 5) is 11.0. The van der Waals surface area contributed by atoms with Gasteiger partial charge in [-0.05, 0) is 49.7 Å². The largest absolute Gasteiger partial charge is 0.478 e. The number of nitriles is 1. The van der Waals surface area contributed by atoms with Crippen LogP contribution in [0.4, 0.5) is 0 Å².